The minimum absolute atomic E-state index is 0.0730. The van der Waals surface area contributed by atoms with Crippen LogP contribution in [0, 0.1) is 0 Å². The molecule has 0 amide bonds. The molecule has 1 aromatic carbocycles. The van der Waals surface area contributed by atoms with Crippen LogP contribution in [0.2, 0.25) is 0 Å². The molecule has 3 heteroatoms. The number of hydrogen-bond acceptors (Lipinski definition) is 3. The molecule has 1 aromatic rings. The van der Waals surface area contributed by atoms with Crippen LogP contribution in [0.25, 0.3) is 0 Å². The number of carbonyl (C=O) groups excluding carboxylic acids is 1. The van der Waals surface area contributed by atoms with Crippen molar-refractivity contribution < 1.29 is 9.53 Å². The first-order valence-corrected chi connectivity index (χ1v) is 5.61. The van der Waals surface area contributed by atoms with Crippen molar-refractivity contribution in [2.45, 2.75) is 24.9 Å². The van der Waals surface area contributed by atoms with Gasteiger partial charge in [-0.2, -0.15) is 0 Å². The van der Waals surface area contributed by atoms with E-state index in [1.807, 2.05) is 18.2 Å². The Morgan fingerprint density at radius 2 is 2.12 bits per heavy atom. The van der Waals surface area contributed by atoms with Gasteiger partial charge in [0.1, 0.15) is 0 Å². The van der Waals surface area contributed by atoms with E-state index in [0.29, 0.717) is 18.8 Å². The van der Waals surface area contributed by atoms with E-state index in [-0.39, 0.29) is 12.1 Å². The summed E-state index contributed by atoms with van der Waals surface area (Å²) in [4.78, 5) is 11.0. The van der Waals surface area contributed by atoms with Gasteiger partial charge >= 0.3 is 0 Å². The minimum atomic E-state index is 0.0730. The average molecular weight is 219 g/mol. The molecule has 1 aliphatic rings. The van der Waals surface area contributed by atoms with Crippen molar-refractivity contribution in [2.75, 3.05) is 13.7 Å². The topological polar surface area (TPSA) is 38.3 Å². The van der Waals surface area contributed by atoms with E-state index in [1.165, 1.54) is 5.56 Å². The molecular weight excluding hydrogens is 202 g/mol. The Kier molecular flexibility index (Phi) is 3.70. The van der Waals surface area contributed by atoms with Crippen LogP contribution in [-0.2, 0) is 16.0 Å². The van der Waals surface area contributed by atoms with Crippen molar-refractivity contribution in [3.63, 3.8) is 0 Å². The highest BCUT2D eigenvalue weighted by Gasteiger charge is 2.35. The summed E-state index contributed by atoms with van der Waals surface area (Å²) in [6.07, 6.45) is 1.58. The smallest absolute Gasteiger partial charge is 0.152 e. The van der Waals surface area contributed by atoms with Gasteiger partial charge in [0.05, 0.1) is 12.6 Å². The Morgan fingerprint density at radius 1 is 1.44 bits per heavy atom. The Morgan fingerprint density at radius 3 is 2.69 bits per heavy atom. The molecule has 2 atom stereocenters. The number of ketones is 1. The van der Waals surface area contributed by atoms with E-state index in [2.05, 4.69) is 17.4 Å². The maximum Gasteiger partial charge on any atom is 0.152 e. The molecule has 86 valence electrons. The minimum Gasteiger partial charge on any atom is -0.383 e. The van der Waals surface area contributed by atoms with Crippen LogP contribution < -0.4 is 5.32 Å². The highest BCUT2D eigenvalue weighted by atomic mass is 16.5. The summed E-state index contributed by atoms with van der Waals surface area (Å²) in [5, 5.41) is 3.32. The zero-order valence-electron chi connectivity index (χ0n) is 9.48. The molecule has 1 aliphatic carbocycles. The number of carbonyl (C=O) groups is 1. The number of Topliss-reactive ketones (excluding diaryl/α,β-unsaturated/α-hetero) is 1. The van der Waals surface area contributed by atoms with Crippen molar-refractivity contribution in [3.05, 3.63) is 35.9 Å². The molecule has 1 fully saturated rings. The summed E-state index contributed by atoms with van der Waals surface area (Å²) >= 11 is 0. The lowest BCUT2D eigenvalue weighted by atomic mass is 10.1. The highest BCUT2D eigenvalue weighted by Crippen LogP contribution is 2.15. The van der Waals surface area contributed by atoms with Crippen molar-refractivity contribution in [1.29, 1.82) is 0 Å². The number of benzene rings is 1. The lowest BCUT2D eigenvalue weighted by Crippen LogP contribution is -2.37. The van der Waals surface area contributed by atoms with Crippen molar-refractivity contribution in [1.82, 2.24) is 5.32 Å². The molecular formula is C13H17NO2. The summed E-state index contributed by atoms with van der Waals surface area (Å²) in [6.45, 7) is 0.638. The predicted molar refractivity (Wildman–Crippen MR) is 62.4 cm³/mol. The van der Waals surface area contributed by atoms with Gasteiger partial charge in [-0.25, -0.2) is 0 Å². The quantitative estimate of drug-likeness (QED) is 0.780. The molecule has 16 heavy (non-hydrogen) atoms. The zero-order chi connectivity index (χ0) is 11.4. The van der Waals surface area contributed by atoms with E-state index < -0.39 is 0 Å². The largest absolute Gasteiger partial charge is 0.383 e. The molecule has 0 radical (unpaired) electrons. The van der Waals surface area contributed by atoms with E-state index in [1.54, 1.807) is 7.11 Å². The normalized spacial score (nSPS) is 20.8. The van der Waals surface area contributed by atoms with Gasteiger partial charge in [-0.1, -0.05) is 30.3 Å². The molecule has 0 aromatic heterocycles. The number of methoxy groups -OCH3 is 1. The van der Waals surface area contributed by atoms with Crippen LogP contribution in [0.1, 0.15) is 12.0 Å². The van der Waals surface area contributed by atoms with Gasteiger partial charge in [0.15, 0.2) is 5.78 Å². The predicted octanol–water partition coefficient (Wildman–Crippen LogP) is 1.18. The lowest BCUT2D eigenvalue weighted by molar-refractivity contribution is -0.110. The Labute approximate surface area is 95.8 Å². The van der Waals surface area contributed by atoms with Gasteiger partial charge < -0.3 is 10.1 Å². The molecule has 0 heterocycles. The molecule has 2 rings (SSSR count). The van der Waals surface area contributed by atoms with Crippen molar-refractivity contribution >= 4 is 5.78 Å². The fourth-order valence-corrected chi connectivity index (χ4v) is 1.84. The Balaban J connectivity index is 1.89. The van der Waals surface area contributed by atoms with Gasteiger partial charge in [0.25, 0.3) is 0 Å². The molecule has 0 saturated heterocycles. The molecule has 1 saturated carbocycles. The van der Waals surface area contributed by atoms with Crippen LogP contribution in [0.5, 0.6) is 0 Å². The summed E-state index contributed by atoms with van der Waals surface area (Å²) in [5.74, 6) is 0.314. The van der Waals surface area contributed by atoms with Gasteiger partial charge in [-0.05, 0) is 12.0 Å². The third-order valence-corrected chi connectivity index (χ3v) is 2.76. The number of rotatable bonds is 6. The second-order valence-electron chi connectivity index (χ2n) is 4.23. The monoisotopic (exact) mass is 219 g/mol. The lowest BCUT2D eigenvalue weighted by Gasteiger charge is -2.17. The first-order chi connectivity index (χ1) is 7.79. The average Bonchev–Trinajstić information content (AvgIpc) is 2.96. The Hall–Kier alpha value is -1.19. The van der Waals surface area contributed by atoms with Crippen molar-refractivity contribution in [3.8, 4) is 0 Å². The maximum absolute atomic E-state index is 11.0. The summed E-state index contributed by atoms with van der Waals surface area (Å²) < 4.78 is 5.17. The number of ether oxygens (including phenoxy) is 1. The van der Waals surface area contributed by atoms with Gasteiger partial charge in [-0.15, -0.1) is 0 Å². The number of nitrogens with one attached hydrogen (secondary N) is 1. The second-order valence-corrected chi connectivity index (χ2v) is 4.23. The van der Waals surface area contributed by atoms with Crippen molar-refractivity contribution in [2.24, 2.45) is 0 Å². The van der Waals surface area contributed by atoms with Gasteiger partial charge in [-0.3, -0.25) is 4.79 Å². The fraction of sp³-hybridized carbons (Fsp3) is 0.462. The van der Waals surface area contributed by atoms with Gasteiger partial charge in [0, 0.05) is 19.6 Å². The van der Waals surface area contributed by atoms with Crippen LogP contribution >= 0.6 is 0 Å². The second kappa shape index (κ2) is 5.23. The highest BCUT2D eigenvalue weighted by molar-refractivity contribution is 5.99. The third kappa shape index (κ3) is 3.15. The first kappa shape index (κ1) is 11.3. The first-order valence-electron chi connectivity index (χ1n) is 5.61. The molecule has 0 bridgehead atoms. The van der Waals surface area contributed by atoms with Crippen LogP contribution in [-0.4, -0.2) is 31.6 Å². The third-order valence-electron chi connectivity index (χ3n) is 2.76. The summed E-state index contributed by atoms with van der Waals surface area (Å²) in [5.41, 5.74) is 1.27. The molecule has 1 N–H and O–H groups in total. The number of hydrogen-bond donors (Lipinski definition) is 1. The van der Waals surface area contributed by atoms with Gasteiger partial charge in [0.2, 0.25) is 0 Å². The summed E-state index contributed by atoms with van der Waals surface area (Å²) in [7, 11) is 1.69. The molecule has 3 nitrogen and oxygen atoms in total. The molecule has 0 aliphatic heterocycles. The maximum atomic E-state index is 11.0. The van der Waals surface area contributed by atoms with Crippen LogP contribution in [0.3, 0.4) is 0 Å². The standard InChI is InChI=1S/C13H17NO2/c1-16-9-11(14-12-8-13(12)15)7-10-5-3-2-4-6-10/h2-6,11-12,14H,7-9H2,1H3/t11?,12-/m1/s1. The summed E-state index contributed by atoms with van der Waals surface area (Å²) in [6, 6.07) is 10.6. The molecule has 0 spiro atoms. The van der Waals surface area contributed by atoms with E-state index in [9.17, 15) is 4.79 Å². The van der Waals surface area contributed by atoms with E-state index in [4.69, 9.17) is 4.74 Å². The molecule has 1 unspecified atom stereocenters. The van der Waals surface area contributed by atoms with Crippen LogP contribution in [0.15, 0.2) is 30.3 Å². The fourth-order valence-electron chi connectivity index (χ4n) is 1.84. The Bertz CT molecular complexity index is 350. The van der Waals surface area contributed by atoms with Crippen LogP contribution in [0.4, 0.5) is 0 Å². The SMILES string of the molecule is COCC(Cc1ccccc1)N[C@@H]1CC1=O. The van der Waals surface area contributed by atoms with E-state index in [0.717, 1.165) is 6.42 Å². The zero-order valence-corrected chi connectivity index (χ0v) is 9.48. The van der Waals surface area contributed by atoms with E-state index >= 15 is 0 Å².